The van der Waals surface area contributed by atoms with Crippen LogP contribution in [0.5, 0.6) is 0 Å². The molecule has 0 saturated heterocycles. The fourth-order valence-electron chi connectivity index (χ4n) is 3.02. The predicted octanol–water partition coefficient (Wildman–Crippen LogP) is 4.42. The van der Waals surface area contributed by atoms with Crippen LogP contribution < -0.4 is 5.32 Å². The van der Waals surface area contributed by atoms with Gasteiger partial charge in [-0.2, -0.15) is 5.10 Å². The van der Waals surface area contributed by atoms with E-state index in [1.165, 1.54) is 16.2 Å². The predicted molar refractivity (Wildman–Crippen MR) is 105 cm³/mol. The van der Waals surface area contributed by atoms with Crippen LogP contribution in [-0.2, 0) is 24.1 Å². The number of anilines is 1. The highest BCUT2D eigenvalue weighted by molar-refractivity contribution is 9.10. The third-order valence-electron chi connectivity index (χ3n) is 4.20. The maximum atomic E-state index is 12.7. The Balaban J connectivity index is 1.93. The van der Waals surface area contributed by atoms with Crippen molar-refractivity contribution in [3.63, 3.8) is 0 Å². The summed E-state index contributed by atoms with van der Waals surface area (Å²) >= 11 is 4.85. The monoisotopic (exact) mass is 439 g/mol. The molecular formula is C18H22BrN3O3S. The number of rotatable bonds is 5. The minimum absolute atomic E-state index is 0.209. The lowest BCUT2D eigenvalue weighted by Crippen LogP contribution is -2.18. The van der Waals surface area contributed by atoms with Crippen LogP contribution in [0.1, 0.15) is 64.9 Å². The first kappa shape index (κ1) is 19.1. The Morgan fingerprint density at radius 3 is 2.77 bits per heavy atom. The average molecular weight is 440 g/mol. The normalized spacial score (nSPS) is 13.6. The summed E-state index contributed by atoms with van der Waals surface area (Å²) in [6.45, 7) is 6.27. The molecule has 1 aliphatic rings. The number of nitrogens with one attached hydrogen (secondary N) is 1. The van der Waals surface area contributed by atoms with Gasteiger partial charge in [-0.15, -0.1) is 11.3 Å². The van der Waals surface area contributed by atoms with Crippen molar-refractivity contribution >= 4 is 44.1 Å². The number of hydrogen-bond acceptors (Lipinski definition) is 5. The lowest BCUT2D eigenvalue weighted by atomic mass is 9.95. The Labute approximate surface area is 165 Å². The number of carbonyl (C=O) groups excluding carboxylic acids is 2. The molecular weight excluding hydrogens is 418 g/mol. The molecule has 3 rings (SSSR count). The summed E-state index contributed by atoms with van der Waals surface area (Å²) in [5, 5.41) is 7.73. The molecule has 0 radical (unpaired) electrons. The SMILES string of the molecule is CCn1cc(Br)c(C(=O)Nc2sc3c(c2C(=O)OC(C)C)CCCC3)n1. The minimum Gasteiger partial charge on any atom is -0.459 e. The molecule has 8 heteroatoms. The zero-order valence-corrected chi connectivity index (χ0v) is 17.5. The molecule has 0 saturated carbocycles. The largest absolute Gasteiger partial charge is 0.459 e. The second-order valence-electron chi connectivity index (χ2n) is 6.50. The lowest BCUT2D eigenvalue weighted by Gasteiger charge is -2.14. The Morgan fingerprint density at radius 2 is 2.12 bits per heavy atom. The summed E-state index contributed by atoms with van der Waals surface area (Å²) in [4.78, 5) is 26.5. The molecule has 0 fully saturated rings. The molecule has 2 heterocycles. The van der Waals surface area contributed by atoms with E-state index in [2.05, 4.69) is 26.3 Å². The maximum Gasteiger partial charge on any atom is 0.341 e. The molecule has 26 heavy (non-hydrogen) atoms. The number of halogens is 1. The van der Waals surface area contributed by atoms with Crippen molar-refractivity contribution in [1.82, 2.24) is 9.78 Å². The van der Waals surface area contributed by atoms with Crippen molar-refractivity contribution in [3.8, 4) is 0 Å². The maximum absolute atomic E-state index is 12.7. The zero-order chi connectivity index (χ0) is 18.8. The van der Waals surface area contributed by atoms with Crippen LogP contribution in [0.2, 0.25) is 0 Å². The molecule has 2 aromatic rings. The van der Waals surface area contributed by atoms with Crippen molar-refractivity contribution < 1.29 is 14.3 Å². The molecule has 1 N–H and O–H groups in total. The van der Waals surface area contributed by atoms with Crippen LogP contribution in [0.4, 0.5) is 5.00 Å². The van der Waals surface area contributed by atoms with E-state index >= 15 is 0 Å². The third-order valence-corrected chi connectivity index (χ3v) is 5.99. The van der Waals surface area contributed by atoms with Crippen LogP contribution in [0, 0.1) is 0 Å². The number of amides is 1. The van der Waals surface area contributed by atoms with Gasteiger partial charge in [0.05, 0.1) is 16.1 Å². The topological polar surface area (TPSA) is 73.2 Å². The van der Waals surface area contributed by atoms with Gasteiger partial charge in [-0.3, -0.25) is 9.48 Å². The molecule has 0 atom stereocenters. The van der Waals surface area contributed by atoms with Crippen molar-refractivity contribution in [3.05, 3.63) is 32.4 Å². The van der Waals surface area contributed by atoms with Gasteiger partial charge >= 0.3 is 5.97 Å². The van der Waals surface area contributed by atoms with Gasteiger partial charge in [0.1, 0.15) is 5.00 Å². The second-order valence-corrected chi connectivity index (χ2v) is 8.46. The van der Waals surface area contributed by atoms with Crippen molar-refractivity contribution in [2.24, 2.45) is 0 Å². The van der Waals surface area contributed by atoms with Crippen LogP contribution in [0.15, 0.2) is 10.7 Å². The van der Waals surface area contributed by atoms with Crippen molar-refractivity contribution in [1.29, 1.82) is 0 Å². The minimum atomic E-state index is -0.368. The number of esters is 1. The van der Waals surface area contributed by atoms with Crippen molar-refractivity contribution in [2.75, 3.05) is 5.32 Å². The van der Waals surface area contributed by atoms with Gasteiger partial charge < -0.3 is 10.1 Å². The smallest absolute Gasteiger partial charge is 0.341 e. The van der Waals surface area contributed by atoms with Gasteiger partial charge in [-0.05, 0) is 67.9 Å². The molecule has 2 aromatic heterocycles. The summed E-state index contributed by atoms with van der Waals surface area (Å²) in [7, 11) is 0. The Bertz CT molecular complexity index is 841. The number of fused-ring (bicyclic) bond motifs is 1. The molecule has 0 unspecified atom stereocenters. The summed E-state index contributed by atoms with van der Waals surface area (Å²) in [5.41, 5.74) is 1.85. The van der Waals surface area contributed by atoms with E-state index in [-0.39, 0.29) is 18.0 Å². The highest BCUT2D eigenvalue weighted by Gasteiger charge is 2.28. The number of ether oxygens (including phenoxy) is 1. The summed E-state index contributed by atoms with van der Waals surface area (Å²) < 4.78 is 7.74. The van der Waals surface area contributed by atoms with E-state index in [4.69, 9.17) is 4.74 Å². The molecule has 1 amide bonds. The first-order valence-corrected chi connectivity index (χ1v) is 10.4. The summed E-state index contributed by atoms with van der Waals surface area (Å²) in [6.07, 6.45) is 5.49. The van der Waals surface area contributed by atoms with Crippen molar-refractivity contribution in [2.45, 2.75) is 59.1 Å². The Hall–Kier alpha value is -1.67. The average Bonchev–Trinajstić information content (AvgIpc) is 3.13. The quantitative estimate of drug-likeness (QED) is 0.699. The third kappa shape index (κ3) is 3.86. The summed E-state index contributed by atoms with van der Waals surface area (Å²) in [5.74, 6) is -0.700. The fourth-order valence-corrected chi connectivity index (χ4v) is 4.79. The summed E-state index contributed by atoms with van der Waals surface area (Å²) in [6, 6.07) is 0. The number of nitrogens with zero attached hydrogens (tertiary/aromatic N) is 2. The second kappa shape index (κ2) is 7.92. The molecule has 140 valence electrons. The van der Waals surface area contributed by atoms with Crippen LogP contribution >= 0.6 is 27.3 Å². The molecule has 0 spiro atoms. The van der Waals surface area contributed by atoms with E-state index in [1.54, 1.807) is 10.9 Å². The zero-order valence-electron chi connectivity index (χ0n) is 15.1. The van der Waals surface area contributed by atoms with Gasteiger partial charge in [0.2, 0.25) is 0 Å². The van der Waals surface area contributed by atoms with Crippen LogP contribution in [0.25, 0.3) is 0 Å². The first-order chi connectivity index (χ1) is 12.4. The number of thiophene rings is 1. The van der Waals surface area contributed by atoms with Gasteiger partial charge in [0.15, 0.2) is 5.69 Å². The van der Waals surface area contributed by atoms with E-state index in [0.717, 1.165) is 31.2 Å². The lowest BCUT2D eigenvalue weighted by molar-refractivity contribution is 0.0378. The number of hydrogen-bond donors (Lipinski definition) is 1. The molecule has 6 nitrogen and oxygen atoms in total. The van der Waals surface area contributed by atoms with E-state index in [1.807, 2.05) is 20.8 Å². The fraction of sp³-hybridized carbons (Fsp3) is 0.500. The van der Waals surface area contributed by atoms with Crippen LogP contribution in [-0.4, -0.2) is 27.8 Å². The van der Waals surface area contributed by atoms with Gasteiger partial charge in [-0.25, -0.2) is 4.79 Å². The Kier molecular flexibility index (Phi) is 5.82. The highest BCUT2D eigenvalue weighted by atomic mass is 79.9. The molecule has 0 aliphatic heterocycles. The van der Waals surface area contributed by atoms with Gasteiger partial charge in [-0.1, -0.05) is 0 Å². The molecule has 0 bridgehead atoms. The standard InChI is InChI=1S/C18H22BrN3O3S/c1-4-22-9-12(19)15(21-22)16(23)20-17-14(18(24)25-10(2)3)11-7-5-6-8-13(11)26-17/h9-10H,4-8H2,1-3H3,(H,20,23). The van der Waals surface area contributed by atoms with Gasteiger partial charge in [0.25, 0.3) is 5.91 Å². The van der Waals surface area contributed by atoms with Gasteiger partial charge in [0, 0.05) is 17.6 Å². The first-order valence-electron chi connectivity index (χ1n) is 8.80. The number of carbonyl (C=O) groups is 2. The highest BCUT2D eigenvalue weighted by Crippen LogP contribution is 2.39. The number of aromatic nitrogens is 2. The molecule has 0 aromatic carbocycles. The molecule has 1 aliphatic carbocycles. The van der Waals surface area contributed by atoms with E-state index in [9.17, 15) is 9.59 Å². The Morgan fingerprint density at radius 1 is 1.38 bits per heavy atom. The van der Waals surface area contributed by atoms with E-state index < -0.39 is 0 Å². The van der Waals surface area contributed by atoms with E-state index in [0.29, 0.717) is 27.3 Å². The van der Waals surface area contributed by atoms with Crippen LogP contribution in [0.3, 0.4) is 0 Å². The number of aryl methyl sites for hydroxylation is 2.